The summed E-state index contributed by atoms with van der Waals surface area (Å²) in [5.74, 6) is 0. The molecule has 1 aromatic rings. The second-order valence-corrected chi connectivity index (χ2v) is 7.36. The third-order valence-corrected chi connectivity index (χ3v) is 5.68. The molecule has 4 aliphatic rings. The van der Waals surface area contributed by atoms with E-state index >= 15 is 0 Å². The molecular weight excluding hydrogens is 312 g/mol. The van der Waals surface area contributed by atoms with Crippen molar-refractivity contribution in [3.63, 3.8) is 0 Å². The molecule has 5 heteroatoms. The van der Waals surface area contributed by atoms with Gasteiger partial charge in [-0.15, -0.1) is 0 Å². The highest BCUT2D eigenvalue weighted by Crippen LogP contribution is 2.55. The summed E-state index contributed by atoms with van der Waals surface area (Å²) in [6.07, 6.45) is 4.36. The molecular formula is C18H19ClN2O2. The fourth-order valence-corrected chi connectivity index (χ4v) is 4.42. The van der Waals surface area contributed by atoms with Gasteiger partial charge < -0.3 is 10.3 Å². The number of halogens is 1. The van der Waals surface area contributed by atoms with Crippen molar-refractivity contribution in [3.8, 4) is 0 Å². The summed E-state index contributed by atoms with van der Waals surface area (Å²) < 4.78 is 6.95. The maximum absolute atomic E-state index is 11.0. The number of hydrogen-bond acceptors (Lipinski definition) is 2. The van der Waals surface area contributed by atoms with Crippen LogP contribution in [-0.4, -0.2) is 29.2 Å². The molecule has 1 unspecified atom stereocenters. The predicted octanol–water partition coefficient (Wildman–Crippen LogP) is 3.71. The average Bonchev–Trinajstić information content (AvgIpc) is 2.55. The number of nitrogens with zero attached hydrogens (tertiary/aromatic N) is 2. The number of rotatable bonds is 3. The number of hydrogen-bond donors (Lipinski definition) is 0. The third kappa shape index (κ3) is 2.54. The Balaban J connectivity index is 1.60. The van der Waals surface area contributed by atoms with Gasteiger partial charge in [-0.3, -0.25) is 9.49 Å². The van der Waals surface area contributed by atoms with Crippen molar-refractivity contribution in [2.24, 2.45) is 5.41 Å². The van der Waals surface area contributed by atoms with Gasteiger partial charge in [0.2, 0.25) is 5.24 Å². The molecule has 0 aromatic heterocycles. The highest BCUT2D eigenvalue weighted by atomic mass is 35.5. The quantitative estimate of drug-likeness (QED) is 0.626. The first-order chi connectivity index (χ1) is 11.1. The molecule has 1 atom stereocenters. The molecule has 2 bridgehead atoms. The van der Waals surface area contributed by atoms with Crippen LogP contribution >= 0.6 is 11.6 Å². The Hall–Kier alpha value is -1.52. The minimum atomic E-state index is -0.344. The monoisotopic (exact) mass is 330 g/mol. The van der Waals surface area contributed by atoms with Crippen molar-refractivity contribution < 1.29 is 14.2 Å². The van der Waals surface area contributed by atoms with Crippen molar-refractivity contribution in [2.45, 2.75) is 38.1 Å². The van der Waals surface area contributed by atoms with Crippen molar-refractivity contribution in [3.05, 3.63) is 46.6 Å². The van der Waals surface area contributed by atoms with Crippen LogP contribution < -0.4 is 0 Å². The zero-order valence-corrected chi connectivity index (χ0v) is 13.7. The fraction of sp³-hybridized carbons (Fsp3) is 0.500. The van der Waals surface area contributed by atoms with Crippen LogP contribution in [0.25, 0.3) is 11.1 Å². The van der Waals surface area contributed by atoms with Gasteiger partial charge in [-0.1, -0.05) is 24.3 Å². The van der Waals surface area contributed by atoms with E-state index in [9.17, 15) is 10.3 Å². The van der Waals surface area contributed by atoms with Crippen molar-refractivity contribution in [1.82, 2.24) is 0 Å². The largest absolute Gasteiger partial charge is 0.500 e. The number of carbonyl (C=O) groups is 1. The molecule has 1 aromatic carbocycles. The normalized spacial score (nSPS) is 25.4. The first-order valence-electron chi connectivity index (χ1n) is 8.15. The maximum atomic E-state index is 11.0. The number of benzene rings is 1. The summed E-state index contributed by atoms with van der Waals surface area (Å²) in [5, 5.41) is -0.344. The van der Waals surface area contributed by atoms with Crippen molar-refractivity contribution in [1.29, 1.82) is 0 Å². The molecule has 5 rings (SSSR count). The lowest BCUT2D eigenvalue weighted by Gasteiger charge is -2.49. The van der Waals surface area contributed by atoms with Crippen LogP contribution in [0.5, 0.6) is 0 Å². The minimum Gasteiger partial charge on any atom is -0.500 e. The van der Waals surface area contributed by atoms with E-state index in [2.05, 4.69) is 0 Å². The smallest absolute Gasteiger partial charge is 0.226 e. The van der Waals surface area contributed by atoms with Gasteiger partial charge in [0.25, 0.3) is 0 Å². The summed E-state index contributed by atoms with van der Waals surface area (Å²) in [5.41, 5.74) is 14.9. The summed E-state index contributed by atoms with van der Waals surface area (Å²) in [6, 6.07) is 8.06. The van der Waals surface area contributed by atoms with E-state index in [0.717, 1.165) is 55.7 Å². The van der Waals surface area contributed by atoms with Gasteiger partial charge >= 0.3 is 0 Å². The molecule has 2 fully saturated rings. The fourth-order valence-electron chi connectivity index (χ4n) is 4.27. The van der Waals surface area contributed by atoms with E-state index in [-0.39, 0.29) is 17.7 Å². The van der Waals surface area contributed by atoms with E-state index in [0.29, 0.717) is 5.41 Å². The van der Waals surface area contributed by atoms with Gasteiger partial charge in [0.1, 0.15) is 0 Å². The molecule has 0 amide bonds. The highest BCUT2D eigenvalue weighted by Gasteiger charge is 2.54. The third-order valence-electron chi connectivity index (χ3n) is 5.55. The summed E-state index contributed by atoms with van der Waals surface area (Å²) in [6.45, 7) is 1.67. The van der Waals surface area contributed by atoms with Crippen LogP contribution in [0.2, 0.25) is 0 Å². The van der Waals surface area contributed by atoms with Crippen LogP contribution in [0, 0.1) is 5.41 Å². The van der Waals surface area contributed by atoms with Crippen LogP contribution in [0.3, 0.4) is 0 Å². The summed E-state index contributed by atoms with van der Waals surface area (Å²) in [4.78, 5) is 11.0. The van der Waals surface area contributed by atoms with Crippen LogP contribution in [0.15, 0.2) is 30.0 Å². The Morgan fingerprint density at radius 1 is 1.30 bits per heavy atom. The van der Waals surface area contributed by atoms with Gasteiger partial charge in [-0.05, 0) is 41.0 Å². The number of carbonyl (C=O) groups excluding carboxylic acids is 1. The lowest BCUT2D eigenvalue weighted by Crippen LogP contribution is -2.49. The standard InChI is InChI=1S/C18H19ClN2O2/c19-16(22)9-12-1-3-13(4-2-12)17-14-10-18(5-7-23-8-6-18)11-15(17)21(14)20/h1-4,14H,5-11H2. The zero-order valence-electron chi connectivity index (χ0n) is 12.9. The lowest BCUT2D eigenvalue weighted by molar-refractivity contribution is -0.567. The Morgan fingerprint density at radius 2 is 2.00 bits per heavy atom. The zero-order chi connectivity index (χ0) is 16.0. The molecule has 0 radical (unpaired) electrons. The van der Waals surface area contributed by atoms with E-state index in [1.165, 1.54) is 10.3 Å². The highest BCUT2D eigenvalue weighted by molar-refractivity contribution is 6.63. The van der Waals surface area contributed by atoms with E-state index in [1.54, 1.807) is 0 Å². The van der Waals surface area contributed by atoms with E-state index in [4.69, 9.17) is 16.3 Å². The number of ether oxygens (including phenoxy) is 1. The van der Waals surface area contributed by atoms with Gasteiger partial charge in [0.05, 0.1) is 5.57 Å². The molecule has 23 heavy (non-hydrogen) atoms. The molecule has 3 aliphatic heterocycles. The number of piperidine rings is 1. The molecule has 4 nitrogen and oxygen atoms in total. The van der Waals surface area contributed by atoms with Crippen LogP contribution in [0.1, 0.15) is 36.8 Å². The van der Waals surface area contributed by atoms with Crippen molar-refractivity contribution in [2.75, 3.05) is 13.2 Å². The van der Waals surface area contributed by atoms with Crippen LogP contribution in [-0.2, 0) is 16.0 Å². The molecule has 3 heterocycles. The Labute approximate surface area is 140 Å². The van der Waals surface area contributed by atoms with Gasteiger partial charge in [-0.2, -0.15) is 0 Å². The molecule has 0 saturated carbocycles. The summed E-state index contributed by atoms with van der Waals surface area (Å²) >= 11 is 5.43. The topological polar surface area (TPSA) is 51.6 Å². The first kappa shape index (κ1) is 15.0. The lowest BCUT2D eigenvalue weighted by atomic mass is 9.62. The van der Waals surface area contributed by atoms with Crippen LogP contribution in [0.4, 0.5) is 0 Å². The van der Waals surface area contributed by atoms with E-state index < -0.39 is 0 Å². The second-order valence-electron chi connectivity index (χ2n) is 6.94. The molecule has 0 N–H and O–H groups in total. The van der Waals surface area contributed by atoms with E-state index in [1.807, 2.05) is 24.3 Å². The van der Waals surface area contributed by atoms with Gasteiger partial charge in [0, 0.05) is 32.5 Å². The summed E-state index contributed by atoms with van der Waals surface area (Å²) in [7, 11) is 0. The SMILES string of the molecule is [N-]=[N+]1C2=C(c3ccc(CC(=O)Cl)cc3)C1CC1(CCOCC1)C2. The average molecular weight is 331 g/mol. The Morgan fingerprint density at radius 3 is 2.57 bits per heavy atom. The molecule has 1 spiro atoms. The number of allylic oxidation sites excluding steroid dienone is 1. The molecule has 1 aliphatic carbocycles. The second kappa shape index (κ2) is 5.53. The molecule has 120 valence electrons. The van der Waals surface area contributed by atoms with Gasteiger partial charge in [-0.25, -0.2) is 0 Å². The minimum absolute atomic E-state index is 0.0948. The maximum Gasteiger partial charge on any atom is 0.226 e. The molecule has 2 saturated heterocycles. The predicted molar refractivity (Wildman–Crippen MR) is 87.1 cm³/mol. The Kier molecular flexibility index (Phi) is 3.62. The van der Waals surface area contributed by atoms with Gasteiger partial charge in [0.15, 0.2) is 11.7 Å². The Bertz CT molecular complexity index is 702. The van der Waals surface area contributed by atoms with Crippen molar-refractivity contribution >= 4 is 22.4 Å². The first-order valence-corrected chi connectivity index (χ1v) is 8.52.